The number of ether oxygens (including phenoxy) is 2. The molecule has 1 aromatic rings. The minimum atomic E-state index is -0.689. The Morgan fingerprint density at radius 3 is 2.46 bits per heavy atom. The minimum Gasteiger partial charge on any atom is -0.394 e. The van der Waals surface area contributed by atoms with Gasteiger partial charge < -0.3 is 29.9 Å². The molecule has 9 nitrogen and oxygen atoms in total. The molecular weight excluding hydrogens is 362 g/mol. The number of aliphatic hydroxyl groups is 2. The van der Waals surface area contributed by atoms with E-state index < -0.39 is 12.2 Å². The van der Waals surface area contributed by atoms with Crippen LogP contribution in [0.2, 0.25) is 0 Å². The molecule has 0 unspecified atom stereocenters. The first-order valence-corrected chi connectivity index (χ1v) is 10.3. The molecule has 28 heavy (non-hydrogen) atoms. The number of nitrogens with zero attached hydrogens (tertiary/aromatic N) is 4. The van der Waals surface area contributed by atoms with E-state index in [-0.39, 0.29) is 18.8 Å². The number of rotatable bonds is 6. The van der Waals surface area contributed by atoms with Gasteiger partial charge in [0.1, 0.15) is 12.2 Å². The second kappa shape index (κ2) is 9.43. The summed E-state index contributed by atoms with van der Waals surface area (Å²) in [5.41, 5.74) is 0. The molecule has 1 aromatic heterocycles. The number of aromatic nitrogens is 2. The van der Waals surface area contributed by atoms with E-state index in [9.17, 15) is 10.2 Å². The molecule has 3 N–H and O–H groups in total. The predicted molar refractivity (Wildman–Crippen MR) is 103 cm³/mol. The molecule has 3 aliphatic heterocycles. The van der Waals surface area contributed by atoms with Crippen LogP contribution < -0.4 is 10.2 Å². The zero-order valence-electron chi connectivity index (χ0n) is 16.2. The quantitative estimate of drug-likeness (QED) is 0.553. The van der Waals surface area contributed by atoms with Gasteiger partial charge in [-0.3, -0.25) is 4.90 Å². The van der Waals surface area contributed by atoms with Crippen molar-refractivity contribution in [2.24, 2.45) is 0 Å². The lowest BCUT2D eigenvalue weighted by molar-refractivity contribution is -0.0229. The van der Waals surface area contributed by atoms with E-state index in [2.05, 4.69) is 25.1 Å². The van der Waals surface area contributed by atoms with Gasteiger partial charge in [-0.2, -0.15) is 0 Å². The van der Waals surface area contributed by atoms with Gasteiger partial charge in [0.2, 0.25) is 5.95 Å². The average molecular weight is 393 g/mol. The monoisotopic (exact) mass is 393 g/mol. The SMILES string of the molecule is OC[C@@H]1O[C@H](CNC2CCOCC2)[C@@H](N2CCN(c3ncccn3)CC2)[C@@H]1O. The summed E-state index contributed by atoms with van der Waals surface area (Å²) in [5.74, 6) is 0.747. The van der Waals surface area contributed by atoms with Gasteiger partial charge in [-0.1, -0.05) is 0 Å². The molecule has 0 amide bonds. The number of hydrogen-bond donors (Lipinski definition) is 3. The number of piperazine rings is 1. The zero-order valence-corrected chi connectivity index (χ0v) is 16.2. The molecule has 0 saturated carbocycles. The Hall–Kier alpha value is -1.36. The molecule has 0 aromatic carbocycles. The average Bonchev–Trinajstić information content (AvgIpc) is 3.09. The predicted octanol–water partition coefficient (Wildman–Crippen LogP) is -1.14. The lowest BCUT2D eigenvalue weighted by Gasteiger charge is -2.40. The number of hydrogen-bond acceptors (Lipinski definition) is 9. The van der Waals surface area contributed by atoms with E-state index in [1.807, 2.05) is 6.07 Å². The molecule has 4 atom stereocenters. The van der Waals surface area contributed by atoms with Crippen LogP contribution in [-0.4, -0.2) is 108 Å². The summed E-state index contributed by atoms with van der Waals surface area (Å²) in [5, 5.41) is 24.0. The normalized spacial score (nSPS) is 32.7. The minimum absolute atomic E-state index is 0.122. The van der Waals surface area contributed by atoms with Gasteiger partial charge in [0.05, 0.1) is 18.8 Å². The highest BCUT2D eigenvalue weighted by Gasteiger charge is 2.46. The topological polar surface area (TPSA) is 103 Å². The van der Waals surface area contributed by atoms with Crippen molar-refractivity contribution >= 4 is 5.95 Å². The fourth-order valence-corrected chi connectivity index (χ4v) is 4.46. The third-order valence-electron chi connectivity index (χ3n) is 6.04. The van der Waals surface area contributed by atoms with Crippen molar-refractivity contribution in [2.75, 3.05) is 57.4 Å². The van der Waals surface area contributed by atoms with Crippen LogP contribution in [0.1, 0.15) is 12.8 Å². The van der Waals surface area contributed by atoms with Gasteiger partial charge in [-0.05, 0) is 18.9 Å². The molecule has 0 aliphatic carbocycles. The molecule has 156 valence electrons. The van der Waals surface area contributed by atoms with E-state index >= 15 is 0 Å². The Labute approximate surface area is 165 Å². The van der Waals surface area contributed by atoms with Crippen molar-refractivity contribution in [3.8, 4) is 0 Å². The molecule has 0 bridgehead atoms. The molecule has 0 spiro atoms. The van der Waals surface area contributed by atoms with Crippen molar-refractivity contribution in [1.82, 2.24) is 20.2 Å². The van der Waals surface area contributed by atoms with E-state index in [4.69, 9.17) is 9.47 Å². The molecule has 4 heterocycles. The summed E-state index contributed by atoms with van der Waals surface area (Å²) in [4.78, 5) is 13.1. The van der Waals surface area contributed by atoms with Gasteiger partial charge in [-0.15, -0.1) is 0 Å². The van der Waals surface area contributed by atoms with Crippen LogP contribution in [0.25, 0.3) is 0 Å². The van der Waals surface area contributed by atoms with Gasteiger partial charge >= 0.3 is 0 Å². The smallest absolute Gasteiger partial charge is 0.225 e. The lowest BCUT2D eigenvalue weighted by atomic mass is 10.0. The molecule has 3 aliphatic rings. The fourth-order valence-electron chi connectivity index (χ4n) is 4.46. The van der Waals surface area contributed by atoms with E-state index in [1.165, 1.54) is 0 Å². The Morgan fingerprint density at radius 2 is 1.79 bits per heavy atom. The molecule has 0 radical (unpaired) electrons. The third-order valence-corrected chi connectivity index (χ3v) is 6.04. The fraction of sp³-hybridized carbons (Fsp3) is 0.789. The molecular formula is C19H31N5O4. The number of nitrogens with one attached hydrogen (secondary N) is 1. The Morgan fingerprint density at radius 1 is 1.07 bits per heavy atom. The maximum atomic E-state index is 10.8. The van der Waals surface area contributed by atoms with Crippen LogP contribution in [0, 0.1) is 0 Å². The maximum Gasteiger partial charge on any atom is 0.225 e. The van der Waals surface area contributed by atoms with Crippen molar-refractivity contribution in [3.05, 3.63) is 18.5 Å². The van der Waals surface area contributed by atoms with E-state index in [1.54, 1.807) is 12.4 Å². The van der Waals surface area contributed by atoms with Gasteiger partial charge in [0, 0.05) is 64.4 Å². The van der Waals surface area contributed by atoms with Crippen LogP contribution in [0.4, 0.5) is 5.95 Å². The van der Waals surface area contributed by atoms with E-state index in [0.717, 1.165) is 58.2 Å². The molecule has 3 saturated heterocycles. The Balaban J connectivity index is 1.36. The maximum absolute atomic E-state index is 10.8. The van der Waals surface area contributed by atoms with Crippen LogP contribution in [0.5, 0.6) is 0 Å². The summed E-state index contributed by atoms with van der Waals surface area (Å²) in [6.45, 7) is 5.29. The largest absolute Gasteiger partial charge is 0.394 e. The highest BCUT2D eigenvalue weighted by Crippen LogP contribution is 2.27. The summed E-state index contributed by atoms with van der Waals surface area (Å²) >= 11 is 0. The summed E-state index contributed by atoms with van der Waals surface area (Å²) in [7, 11) is 0. The van der Waals surface area contributed by atoms with Crippen molar-refractivity contribution in [3.63, 3.8) is 0 Å². The van der Waals surface area contributed by atoms with Crippen LogP contribution in [0.3, 0.4) is 0 Å². The van der Waals surface area contributed by atoms with Crippen molar-refractivity contribution in [2.45, 2.75) is 43.2 Å². The summed E-state index contributed by atoms with van der Waals surface area (Å²) in [6, 6.07) is 2.12. The first-order valence-electron chi connectivity index (χ1n) is 10.3. The first kappa shape index (κ1) is 19.9. The number of anilines is 1. The first-order chi connectivity index (χ1) is 13.8. The summed E-state index contributed by atoms with van der Waals surface area (Å²) < 4.78 is 11.4. The van der Waals surface area contributed by atoms with Crippen LogP contribution in [-0.2, 0) is 9.47 Å². The van der Waals surface area contributed by atoms with Crippen LogP contribution >= 0.6 is 0 Å². The molecule has 4 rings (SSSR count). The second-order valence-electron chi connectivity index (χ2n) is 7.74. The van der Waals surface area contributed by atoms with Crippen molar-refractivity contribution in [1.29, 1.82) is 0 Å². The highest BCUT2D eigenvalue weighted by atomic mass is 16.5. The standard InChI is InChI=1S/C19H31N5O4/c25-13-16-18(26)17(15(28-16)12-22-14-2-10-27-11-3-14)23-6-8-24(9-7-23)19-20-4-1-5-21-19/h1,4-5,14-18,22,25-26H,2-3,6-13H2/t15-,16+,17-,18-/m1/s1. The second-order valence-corrected chi connectivity index (χ2v) is 7.74. The lowest BCUT2D eigenvalue weighted by Crippen LogP contribution is -2.58. The van der Waals surface area contributed by atoms with Gasteiger partial charge in [-0.25, -0.2) is 9.97 Å². The zero-order chi connectivity index (χ0) is 19.3. The highest BCUT2D eigenvalue weighted by molar-refractivity contribution is 5.29. The van der Waals surface area contributed by atoms with Crippen molar-refractivity contribution < 1.29 is 19.7 Å². The van der Waals surface area contributed by atoms with Gasteiger partial charge in [0.25, 0.3) is 0 Å². The third kappa shape index (κ3) is 4.45. The number of aliphatic hydroxyl groups excluding tert-OH is 2. The Kier molecular flexibility index (Phi) is 6.71. The Bertz CT molecular complexity index is 595. The van der Waals surface area contributed by atoms with Gasteiger partial charge in [0.15, 0.2) is 0 Å². The molecule has 9 heteroatoms. The van der Waals surface area contributed by atoms with E-state index in [0.29, 0.717) is 12.6 Å². The summed E-state index contributed by atoms with van der Waals surface area (Å²) in [6.07, 6.45) is 4.15. The van der Waals surface area contributed by atoms with Crippen LogP contribution in [0.15, 0.2) is 18.5 Å². The molecule has 3 fully saturated rings.